The van der Waals surface area contributed by atoms with Crippen LogP contribution in [0.2, 0.25) is 5.02 Å². The van der Waals surface area contributed by atoms with Gasteiger partial charge in [0.25, 0.3) is 5.91 Å². The molecule has 1 unspecified atom stereocenters. The van der Waals surface area contributed by atoms with Crippen LogP contribution in [0, 0.1) is 6.92 Å². The van der Waals surface area contributed by atoms with Gasteiger partial charge >= 0.3 is 0 Å². The second kappa shape index (κ2) is 5.04. The molecule has 1 aliphatic rings. The number of aliphatic hydroxyl groups is 1. The van der Waals surface area contributed by atoms with Gasteiger partial charge in [0.05, 0.1) is 19.3 Å². The average molecular weight is 256 g/mol. The van der Waals surface area contributed by atoms with Gasteiger partial charge in [0.2, 0.25) is 0 Å². The topological polar surface area (TPSA) is 49.8 Å². The third-order valence-electron chi connectivity index (χ3n) is 2.81. The van der Waals surface area contributed by atoms with Gasteiger partial charge in [0, 0.05) is 10.7 Å². The van der Waals surface area contributed by atoms with E-state index in [-0.39, 0.29) is 25.2 Å². The highest BCUT2D eigenvalue weighted by Crippen LogP contribution is 2.26. The van der Waals surface area contributed by atoms with Crippen LogP contribution >= 0.6 is 11.6 Å². The van der Waals surface area contributed by atoms with Crippen molar-refractivity contribution >= 4 is 23.2 Å². The van der Waals surface area contributed by atoms with Gasteiger partial charge in [-0.25, -0.2) is 0 Å². The van der Waals surface area contributed by atoms with E-state index < -0.39 is 0 Å². The van der Waals surface area contributed by atoms with Crippen molar-refractivity contribution in [2.24, 2.45) is 0 Å². The van der Waals surface area contributed by atoms with Crippen LogP contribution in [0.1, 0.15) is 5.56 Å². The predicted octanol–water partition coefficient (Wildman–Crippen LogP) is 1.37. The molecule has 0 saturated carbocycles. The Bertz CT molecular complexity index is 436. The summed E-state index contributed by atoms with van der Waals surface area (Å²) < 4.78 is 5.11. The minimum absolute atomic E-state index is 0.0436. The number of ether oxygens (including phenoxy) is 1. The van der Waals surface area contributed by atoms with Crippen LogP contribution in [-0.2, 0) is 9.53 Å². The summed E-state index contributed by atoms with van der Waals surface area (Å²) in [5.74, 6) is -0.157. The number of morpholine rings is 1. The zero-order valence-corrected chi connectivity index (χ0v) is 10.3. The lowest BCUT2D eigenvalue weighted by atomic mass is 10.1. The van der Waals surface area contributed by atoms with E-state index in [9.17, 15) is 9.90 Å². The van der Waals surface area contributed by atoms with Crippen molar-refractivity contribution < 1.29 is 14.6 Å². The molecule has 0 aliphatic carbocycles. The van der Waals surface area contributed by atoms with Gasteiger partial charge in [-0.15, -0.1) is 0 Å². The van der Waals surface area contributed by atoms with Gasteiger partial charge in [-0.1, -0.05) is 17.7 Å². The number of anilines is 1. The van der Waals surface area contributed by atoms with Crippen molar-refractivity contribution in [1.82, 2.24) is 0 Å². The molecule has 1 fully saturated rings. The molecule has 1 heterocycles. The van der Waals surface area contributed by atoms with E-state index in [4.69, 9.17) is 16.3 Å². The lowest BCUT2D eigenvalue weighted by Crippen LogP contribution is -2.51. The molecule has 0 aromatic heterocycles. The minimum atomic E-state index is -0.338. The summed E-state index contributed by atoms with van der Waals surface area (Å²) in [7, 11) is 0. The molecule has 92 valence electrons. The molecule has 0 radical (unpaired) electrons. The molecule has 1 N–H and O–H groups in total. The van der Waals surface area contributed by atoms with E-state index >= 15 is 0 Å². The van der Waals surface area contributed by atoms with Crippen LogP contribution < -0.4 is 4.90 Å². The van der Waals surface area contributed by atoms with Crippen molar-refractivity contribution in [1.29, 1.82) is 0 Å². The highest BCUT2D eigenvalue weighted by molar-refractivity contribution is 6.31. The summed E-state index contributed by atoms with van der Waals surface area (Å²) in [5, 5.41) is 9.87. The fraction of sp³-hybridized carbons (Fsp3) is 0.417. The molecular weight excluding hydrogens is 242 g/mol. The molecule has 1 aromatic rings. The SMILES string of the molecule is Cc1ccc(N2C(=O)COCC2CO)cc1Cl. The number of benzene rings is 1. The third kappa shape index (κ3) is 2.44. The smallest absolute Gasteiger partial charge is 0.253 e. The Morgan fingerprint density at radius 2 is 2.35 bits per heavy atom. The molecule has 1 saturated heterocycles. The number of carbonyl (C=O) groups is 1. The number of amides is 1. The molecule has 0 bridgehead atoms. The zero-order chi connectivity index (χ0) is 12.4. The lowest BCUT2D eigenvalue weighted by Gasteiger charge is -2.34. The quantitative estimate of drug-likeness (QED) is 0.869. The Morgan fingerprint density at radius 1 is 1.59 bits per heavy atom. The summed E-state index contributed by atoms with van der Waals surface area (Å²) in [6.07, 6.45) is 0. The van der Waals surface area contributed by atoms with Crippen LogP contribution in [-0.4, -0.2) is 36.9 Å². The Labute approximate surface area is 105 Å². The first kappa shape index (κ1) is 12.4. The standard InChI is InChI=1S/C12H14ClNO3/c1-8-2-3-9(4-11(8)13)14-10(5-15)6-17-7-12(14)16/h2-4,10,15H,5-7H2,1H3. The Hall–Kier alpha value is -1.10. The van der Waals surface area contributed by atoms with Gasteiger partial charge in [0.15, 0.2) is 0 Å². The van der Waals surface area contributed by atoms with Gasteiger partial charge < -0.3 is 14.7 Å². The van der Waals surface area contributed by atoms with Crippen LogP contribution in [0.25, 0.3) is 0 Å². The summed E-state index contributed by atoms with van der Waals surface area (Å²) in [6, 6.07) is 5.08. The Kier molecular flexibility index (Phi) is 3.66. The number of aryl methyl sites for hydroxylation is 1. The number of halogens is 1. The molecule has 5 heteroatoms. The first-order valence-electron chi connectivity index (χ1n) is 5.40. The van der Waals surface area contributed by atoms with Gasteiger partial charge in [0.1, 0.15) is 6.61 Å². The van der Waals surface area contributed by atoms with E-state index in [1.165, 1.54) is 0 Å². The van der Waals surface area contributed by atoms with Gasteiger partial charge in [-0.05, 0) is 24.6 Å². The number of nitrogens with zero attached hydrogens (tertiary/aromatic N) is 1. The number of aliphatic hydroxyl groups excluding tert-OH is 1. The van der Waals surface area contributed by atoms with E-state index in [0.717, 1.165) is 5.56 Å². The number of rotatable bonds is 2. The largest absolute Gasteiger partial charge is 0.394 e. The van der Waals surface area contributed by atoms with Crippen molar-refractivity contribution in [3.8, 4) is 0 Å². The maximum atomic E-state index is 11.8. The summed E-state index contributed by atoms with van der Waals surface area (Å²) >= 11 is 6.04. The first-order valence-corrected chi connectivity index (χ1v) is 5.78. The average Bonchev–Trinajstić information content (AvgIpc) is 2.32. The molecule has 1 aliphatic heterocycles. The van der Waals surface area contributed by atoms with E-state index in [1.54, 1.807) is 11.0 Å². The van der Waals surface area contributed by atoms with Gasteiger partial charge in [-0.2, -0.15) is 0 Å². The van der Waals surface area contributed by atoms with E-state index in [1.807, 2.05) is 19.1 Å². The maximum absolute atomic E-state index is 11.8. The van der Waals surface area contributed by atoms with Gasteiger partial charge in [-0.3, -0.25) is 4.79 Å². The van der Waals surface area contributed by atoms with Crippen molar-refractivity contribution in [3.63, 3.8) is 0 Å². The zero-order valence-electron chi connectivity index (χ0n) is 9.52. The predicted molar refractivity (Wildman–Crippen MR) is 65.4 cm³/mol. The number of carbonyl (C=O) groups excluding carboxylic acids is 1. The summed E-state index contributed by atoms with van der Waals surface area (Å²) in [4.78, 5) is 13.4. The van der Waals surface area contributed by atoms with Crippen molar-refractivity contribution in [3.05, 3.63) is 28.8 Å². The van der Waals surface area contributed by atoms with Crippen LogP contribution in [0.15, 0.2) is 18.2 Å². The van der Waals surface area contributed by atoms with Crippen molar-refractivity contribution in [2.75, 3.05) is 24.7 Å². The molecule has 4 nitrogen and oxygen atoms in total. The highest BCUT2D eigenvalue weighted by atomic mass is 35.5. The van der Waals surface area contributed by atoms with Crippen molar-refractivity contribution in [2.45, 2.75) is 13.0 Å². The highest BCUT2D eigenvalue weighted by Gasteiger charge is 2.29. The van der Waals surface area contributed by atoms with E-state index in [2.05, 4.69) is 0 Å². The van der Waals surface area contributed by atoms with Crippen LogP contribution in [0.4, 0.5) is 5.69 Å². The molecule has 1 aromatic carbocycles. The second-order valence-electron chi connectivity index (χ2n) is 4.05. The summed E-state index contributed by atoms with van der Waals surface area (Å²) in [6.45, 7) is 2.16. The fourth-order valence-electron chi connectivity index (χ4n) is 1.85. The molecule has 1 amide bonds. The summed E-state index contributed by atoms with van der Waals surface area (Å²) in [5.41, 5.74) is 1.66. The van der Waals surface area contributed by atoms with Crippen LogP contribution in [0.5, 0.6) is 0 Å². The fourth-order valence-corrected chi connectivity index (χ4v) is 2.03. The number of hydrogen-bond acceptors (Lipinski definition) is 3. The Morgan fingerprint density at radius 3 is 3.00 bits per heavy atom. The third-order valence-corrected chi connectivity index (χ3v) is 3.22. The normalized spacial score (nSPS) is 20.8. The molecule has 17 heavy (non-hydrogen) atoms. The molecular formula is C12H14ClNO3. The van der Waals surface area contributed by atoms with E-state index in [0.29, 0.717) is 17.3 Å². The lowest BCUT2D eigenvalue weighted by molar-refractivity contribution is -0.128. The first-order chi connectivity index (χ1) is 8.13. The minimum Gasteiger partial charge on any atom is -0.394 e. The van der Waals surface area contributed by atoms with Crippen LogP contribution in [0.3, 0.4) is 0 Å². The monoisotopic (exact) mass is 255 g/mol. The molecule has 1 atom stereocenters. The molecule has 0 spiro atoms. The Balaban J connectivity index is 2.34. The number of hydrogen-bond donors (Lipinski definition) is 1. The second-order valence-corrected chi connectivity index (χ2v) is 4.46. The molecule has 2 rings (SSSR count). The maximum Gasteiger partial charge on any atom is 0.253 e.